The SMILES string of the molecule is Cc1c(-c2ccccc2)ccc(F)c1C(=O)NNSc1ccc(Cl)cc1. The molecule has 0 spiro atoms. The molecule has 0 saturated heterocycles. The number of hydrazine groups is 1. The van der Waals surface area contributed by atoms with E-state index in [1.807, 2.05) is 42.5 Å². The summed E-state index contributed by atoms with van der Waals surface area (Å²) in [7, 11) is 0. The highest BCUT2D eigenvalue weighted by Gasteiger charge is 2.18. The smallest absolute Gasteiger partial charge is 0.269 e. The van der Waals surface area contributed by atoms with Crippen LogP contribution in [0.1, 0.15) is 15.9 Å². The zero-order valence-corrected chi connectivity index (χ0v) is 15.5. The Labute approximate surface area is 160 Å². The van der Waals surface area contributed by atoms with Gasteiger partial charge in [0.15, 0.2) is 0 Å². The molecule has 0 radical (unpaired) electrons. The van der Waals surface area contributed by atoms with Gasteiger partial charge in [-0.15, -0.1) is 0 Å². The monoisotopic (exact) mass is 386 g/mol. The Morgan fingerprint density at radius 1 is 1.00 bits per heavy atom. The molecule has 0 aromatic heterocycles. The van der Waals surface area contributed by atoms with Gasteiger partial charge in [-0.05, 0) is 65.9 Å². The molecule has 132 valence electrons. The highest BCUT2D eigenvalue weighted by Crippen LogP contribution is 2.27. The molecule has 0 aliphatic rings. The summed E-state index contributed by atoms with van der Waals surface area (Å²) >= 11 is 7.04. The van der Waals surface area contributed by atoms with Crippen molar-refractivity contribution in [1.82, 2.24) is 10.3 Å². The summed E-state index contributed by atoms with van der Waals surface area (Å²) in [6, 6.07) is 19.7. The third kappa shape index (κ3) is 4.25. The predicted octanol–water partition coefficient (Wildman–Crippen LogP) is 5.40. The summed E-state index contributed by atoms with van der Waals surface area (Å²) in [6.45, 7) is 1.74. The van der Waals surface area contributed by atoms with Gasteiger partial charge in [-0.3, -0.25) is 10.2 Å². The minimum atomic E-state index is -0.557. The van der Waals surface area contributed by atoms with Crippen LogP contribution in [0.3, 0.4) is 0 Å². The highest BCUT2D eigenvalue weighted by atomic mass is 35.5. The number of halogens is 2. The number of hydrogen-bond donors (Lipinski definition) is 2. The van der Waals surface area contributed by atoms with E-state index in [-0.39, 0.29) is 5.56 Å². The summed E-state index contributed by atoms with van der Waals surface area (Å²) in [4.78, 5) is 16.1. The van der Waals surface area contributed by atoms with E-state index in [9.17, 15) is 9.18 Å². The molecule has 0 fully saturated rings. The van der Waals surface area contributed by atoms with Crippen molar-refractivity contribution in [3.63, 3.8) is 0 Å². The molecule has 3 rings (SSSR count). The van der Waals surface area contributed by atoms with Gasteiger partial charge in [0.1, 0.15) is 5.82 Å². The number of hydrogen-bond acceptors (Lipinski definition) is 3. The molecule has 0 aliphatic carbocycles. The lowest BCUT2D eigenvalue weighted by atomic mass is 9.96. The number of benzene rings is 3. The zero-order chi connectivity index (χ0) is 18.5. The molecule has 0 atom stereocenters. The number of carbonyl (C=O) groups is 1. The van der Waals surface area contributed by atoms with E-state index in [0.717, 1.165) is 16.0 Å². The second kappa shape index (κ2) is 8.36. The van der Waals surface area contributed by atoms with Crippen molar-refractivity contribution in [2.24, 2.45) is 0 Å². The molecular formula is C20H16ClFN2OS. The van der Waals surface area contributed by atoms with E-state index in [0.29, 0.717) is 10.6 Å². The zero-order valence-electron chi connectivity index (χ0n) is 13.9. The Balaban J connectivity index is 1.75. The minimum Gasteiger partial charge on any atom is -0.277 e. The number of amides is 1. The van der Waals surface area contributed by atoms with Crippen LogP contribution >= 0.6 is 23.5 Å². The second-order valence-corrected chi connectivity index (χ2v) is 6.89. The lowest BCUT2D eigenvalue weighted by Gasteiger charge is -2.13. The first-order valence-corrected chi connectivity index (χ1v) is 9.08. The van der Waals surface area contributed by atoms with Crippen molar-refractivity contribution in [2.75, 3.05) is 0 Å². The largest absolute Gasteiger partial charge is 0.277 e. The van der Waals surface area contributed by atoms with Crippen molar-refractivity contribution in [3.8, 4) is 11.1 Å². The summed E-state index contributed by atoms with van der Waals surface area (Å²) in [5.41, 5.74) is 4.89. The third-order valence-electron chi connectivity index (χ3n) is 3.87. The molecular weight excluding hydrogens is 371 g/mol. The summed E-state index contributed by atoms with van der Waals surface area (Å²) in [6.07, 6.45) is 0. The van der Waals surface area contributed by atoms with Gasteiger partial charge in [-0.2, -0.15) is 4.83 Å². The average Bonchev–Trinajstić information content (AvgIpc) is 2.64. The fraction of sp³-hybridized carbons (Fsp3) is 0.0500. The average molecular weight is 387 g/mol. The van der Waals surface area contributed by atoms with Gasteiger partial charge in [0.25, 0.3) is 5.91 Å². The molecule has 0 bridgehead atoms. The number of rotatable bonds is 5. The van der Waals surface area contributed by atoms with Crippen molar-refractivity contribution in [2.45, 2.75) is 11.8 Å². The van der Waals surface area contributed by atoms with E-state index in [4.69, 9.17) is 11.6 Å². The maximum absolute atomic E-state index is 14.3. The van der Waals surface area contributed by atoms with Gasteiger partial charge >= 0.3 is 0 Å². The summed E-state index contributed by atoms with van der Waals surface area (Å²) in [5.74, 6) is -1.09. The van der Waals surface area contributed by atoms with Crippen LogP contribution in [0, 0.1) is 12.7 Å². The summed E-state index contributed by atoms with van der Waals surface area (Å²) < 4.78 is 14.3. The molecule has 0 unspecified atom stereocenters. The molecule has 0 aliphatic heterocycles. The first-order valence-electron chi connectivity index (χ1n) is 7.88. The Kier molecular flexibility index (Phi) is 5.93. The first kappa shape index (κ1) is 18.5. The van der Waals surface area contributed by atoms with Gasteiger partial charge in [-0.1, -0.05) is 48.0 Å². The van der Waals surface area contributed by atoms with Crippen LogP contribution in [0.15, 0.2) is 71.6 Å². The van der Waals surface area contributed by atoms with Gasteiger partial charge in [-0.25, -0.2) is 4.39 Å². The highest BCUT2D eigenvalue weighted by molar-refractivity contribution is 7.97. The molecule has 0 heterocycles. The van der Waals surface area contributed by atoms with Crippen LogP contribution in [-0.2, 0) is 0 Å². The van der Waals surface area contributed by atoms with E-state index in [1.54, 1.807) is 25.1 Å². The van der Waals surface area contributed by atoms with Crippen LogP contribution in [-0.4, -0.2) is 5.91 Å². The van der Waals surface area contributed by atoms with Crippen LogP contribution in [0.4, 0.5) is 4.39 Å². The van der Waals surface area contributed by atoms with Gasteiger partial charge < -0.3 is 0 Å². The van der Waals surface area contributed by atoms with Crippen molar-refractivity contribution >= 4 is 29.5 Å². The Morgan fingerprint density at radius 2 is 1.69 bits per heavy atom. The Hall–Kier alpha value is -2.34. The molecule has 6 heteroatoms. The van der Waals surface area contributed by atoms with Gasteiger partial charge in [0, 0.05) is 9.92 Å². The van der Waals surface area contributed by atoms with Gasteiger partial charge in [0.2, 0.25) is 0 Å². The quantitative estimate of drug-likeness (QED) is 0.456. The maximum atomic E-state index is 14.3. The molecule has 0 saturated carbocycles. The minimum absolute atomic E-state index is 0.0237. The van der Waals surface area contributed by atoms with Crippen LogP contribution < -0.4 is 10.3 Å². The standard InChI is InChI=1S/C20H16ClFN2OS/c1-13-17(14-5-3-2-4-6-14)11-12-18(22)19(13)20(25)23-24-26-16-9-7-15(21)8-10-16/h2-12,24H,1H3,(H,23,25). The molecule has 3 nitrogen and oxygen atoms in total. The predicted molar refractivity (Wildman–Crippen MR) is 104 cm³/mol. The molecule has 3 aromatic carbocycles. The lowest BCUT2D eigenvalue weighted by molar-refractivity contribution is 0.0942. The van der Waals surface area contributed by atoms with E-state index < -0.39 is 11.7 Å². The van der Waals surface area contributed by atoms with E-state index in [2.05, 4.69) is 10.3 Å². The Morgan fingerprint density at radius 3 is 2.38 bits per heavy atom. The molecule has 2 N–H and O–H groups in total. The second-order valence-electron chi connectivity index (χ2n) is 5.57. The molecule has 1 amide bonds. The number of carbonyl (C=O) groups excluding carboxylic acids is 1. The fourth-order valence-corrected chi connectivity index (χ4v) is 3.24. The maximum Gasteiger partial charge on any atom is 0.269 e. The normalized spacial score (nSPS) is 10.6. The summed E-state index contributed by atoms with van der Waals surface area (Å²) in [5, 5.41) is 0.633. The first-order chi connectivity index (χ1) is 12.6. The number of nitrogens with one attached hydrogen (secondary N) is 2. The van der Waals surface area contributed by atoms with E-state index >= 15 is 0 Å². The Bertz CT molecular complexity index is 917. The fourth-order valence-electron chi connectivity index (χ4n) is 2.58. The van der Waals surface area contributed by atoms with Crippen LogP contribution in [0.2, 0.25) is 5.02 Å². The third-order valence-corrected chi connectivity index (χ3v) is 4.84. The molecule has 3 aromatic rings. The van der Waals surface area contributed by atoms with Crippen LogP contribution in [0.5, 0.6) is 0 Å². The molecule has 26 heavy (non-hydrogen) atoms. The van der Waals surface area contributed by atoms with Crippen LogP contribution in [0.25, 0.3) is 11.1 Å². The lowest BCUT2D eigenvalue weighted by Crippen LogP contribution is -2.33. The van der Waals surface area contributed by atoms with Crippen molar-refractivity contribution in [3.05, 3.63) is 88.7 Å². The van der Waals surface area contributed by atoms with E-state index in [1.165, 1.54) is 18.0 Å². The van der Waals surface area contributed by atoms with Crippen molar-refractivity contribution < 1.29 is 9.18 Å². The van der Waals surface area contributed by atoms with Gasteiger partial charge in [0.05, 0.1) is 5.56 Å². The van der Waals surface area contributed by atoms with Crippen molar-refractivity contribution in [1.29, 1.82) is 0 Å². The topological polar surface area (TPSA) is 41.1 Å².